The van der Waals surface area contributed by atoms with E-state index in [0.717, 1.165) is 38.9 Å². The summed E-state index contributed by atoms with van der Waals surface area (Å²) in [6.07, 6.45) is 4.96. The minimum Gasteiger partial charge on any atom is -0.298 e. The van der Waals surface area contributed by atoms with Gasteiger partial charge in [0.15, 0.2) is 0 Å². The summed E-state index contributed by atoms with van der Waals surface area (Å²) in [6.45, 7) is 5.26. The first-order chi connectivity index (χ1) is 11.6. The number of benzene rings is 1. The molecule has 0 amide bonds. The van der Waals surface area contributed by atoms with E-state index in [1.54, 1.807) is 20.4 Å². The monoisotopic (exact) mass is 369 g/mol. The van der Waals surface area contributed by atoms with E-state index in [0.29, 0.717) is 26.2 Å². The van der Waals surface area contributed by atoms with E-state index in [1.165, 1.54) is 10.5 Å². The highest BCUT2D eigenvalue weighted by atomic mass is 32.2. The van der Waals surface area contributed by atoms with E-state index >= 15 is 0 Å². The van der Waals surface area contributed by atoms with E-state index in [9.17, 15) is 8.42 Å². The van der Waals surface area contributed by atoms with E-state index in [2.05, 4.69) is 35.4 Å². The van der Waals surface area contributed by atoms with Gasteiger partial charge < -0.3 is 0 Å². The summed E-state index contributed by atoms with van der Waals surface area (Å²) in [5.74, 6) is 0. The zero-order valence-corrected chi connectivity index (χ0v) is 16.0. The molecule has 1 aromatic carbocycles. The van der Waals surface area contributed by atoms with Gasteiger partial charge in [-0.25, -0.2) is 0 Å². The molecule has 2 fully saturated rings. The fourth-order valence-electron chi connectivity index (χ4n) is 3.41. The van der Waals surface area contributed by atoms with Crippen LogP contribution in [0, 0.1) is 0 Å². The van der Waals surface area contributed by atoms with E-state index in [4.69, 9.17) is 0 Å². The van der Waals surface area contributed by atoms with Gasteiger partial charge in [0.25, 0.3) is 10.2 Å². The summed E-state index contributed by atoms with van der Waals surface area (Å²) >= 11 is 1.75. The van der Waals surface area contributed by atoms with Crippen molar-refractivity contribution in [3.63, 3.8) is 0 Å². The third-order valence-electron chi connectivity index (χ3n) is 4.83. The lowest BCUT2D eigenvalue weighted by Crippen LogP contribution is -2.44. The van der Waals surface area contributed by atoms with Gasteiger partial charge in [0.2, 0.25) is 0 Å². The van der Waals surface area contributed by atoms with Crippen molar-refractivity contribution in [2.24, 2.45) is 0 Å². The number of nitrogens with zero attached hydrogens (tertiary/aromatic N) is 3. The van der Waals surface area contributed by atoms with Crippen LogP contribution in [0.25, 0.3) is 0 Å². The van der Waals surface area contributed by atoms with Crippen molar-refractivity contribution in [3.8, 4) is 0 Å². The van der Waals surface area contributed by atoms with Crippen molar-refractivity contribution in [2.45, 2.75) is 30.7 Å². The van der Waals surface area contributed by atoms with Gasteiger partial charge in [-0.1, -0.05) is 12.1 Å². The average molecular weight is 370 g/mol. The predicted octanol–water partition coefficient (Wildman–Crippen LogP) is 2.26. The zero-order valence-electron chi connectivity index (χ0n) is 14.4. The van der Waals surface area contributed by atoms with Crippen molar-refractivity contribution >= 4 is 22.0 Å². The molecule has 2 aliphatic heterocycles. The Hall–Kier alpha value is -0.600. The molecule has 0 unspecified atom stereocenters. The van der Waals surface area contributed by atoms with Crippen LogP contribution in [-0.4, -0.2) is 67.5 Å². The first-order valence-electron chi connectivity index (χ1n) is 8.70. The van der Waals surface area contributed by atoms with Crippen LogP contribution < -0.4 is 0 Å². The molecule has 2 saturated heterocycles. The Kier molecular flexibility index (Phi) is 6.21. The molecule has 0 aliphatic carbocycles. The Bertz CT molecular complexity index is 628. The Morgan fingerprint density at radius 1 is 0.875 bits per heavy atom. The molecule has 134 valence electrons. The highest BCUT2D eigenvalue weighted by Crippen LogP contribution is 2.20. The normalized spacial score (nSPS) is 21.9. The van der Waals surface area contributed by atoms with E-state index in [-0.39, 0.29) is 0 Å². The van der Waals surface area contributed by atoms with Gasteiger partial charge in [-0.3, -0.25) is 4.90 Å². The number of hydrogen-bond acceptors (Lipinski definition) is 4. The molecule has 0 radical (unpaired) electrons. The Morgan fingerprint density at radius 2 is 1.50 bits per heavy atom. The largest absolute Gasteiger partial charge is 0.298 e. The van der Waals surface area contributed by atoms with Gasteiger partial charge in [-0.15, -0.1) is 11.8 Å². The summed E-state index contributed by atoms with van der Waals surface area (Å²) < 4.78 is 28.8. The lowest BCUT2D eigenvalue weighted by molar-refractivity contribution is 0.276. The first-order valence-corrected chi connectivity index (χ1v) is 11.3. The molecule has 2 aliphatic rings. The van der Waals surface area contributed by atoms with Crippen molar-refractivity contribution in [1.29, 1.82) is 0 Å². The zero-order chi connectivity index (χ0) is 17.0. The van der Waals surface area contributed by atoms with Crippen LogP contribution >= 0.6 is 11.8 Å². The molecule has 0 N–H and O–H groups in total. The lowest BCUT2D eigenvalue weighted by atomic mass is 10.2. The predicted molar refractivity (Wildman–Crippen MR) is 99.4 cm³/mol. The minimum absolute atomic E-state index is 0.599. The maximum Gasteiger partial charge on any atom is 0.282 e. The molecule has 3 rings (SSSR count). The van der Waals surface area contributed by atoms with Crippen LogP contribution in [0.3, 0.4) is 0 Å². The van der Waals surface area contributed by atoms with Gasteiger partial charge in [0.05, 0.1) is 0 Å². The fraction of sp³-hybridized carbons (Fsp3) is 0.647. The molecule has 7 heteroatoms. The summed E-state index contributed by atoms with van der Waals surface area (Å²) in [6, 6.07) is 8.66. The molecule has 5 nitrogen and oxygen atoms in total. The third-order valence-corrected chi connectivity index (χ3v) is 7.61. The van der Waals surface area contributed by atoms with Crippen LogP contribution in [0.4, 0.5) is 0 Å². The molecule has 0 spiro atoms. The molecule has 24 heavy (non-hydrogen) atoms. The van der Waals surface area contributed by atoms with Gasteiger partial charge in [-0.05, 0) is 49.8 Å². The van der Waals surface area contributed by atoms with Crippen molar-refractivity contribution in [1.82, 2.24) is 13.5 Å². The molecular formula is C17H27N3O2S2. The highest BCUT2D eigenvalue weighted by Gasteiger charge is 2.32. The van der Waals surface area contributed by atoms with Gasteiger partial charge in [0, 0.05) is 44.2 Å². The third kappa shape index (κ3) is 4.32. The first kappa shape index (κ1) is 18.2. The maximum atomic E-state index is 12.7. The number of thioether (sulfide) groups is 1. The Balaban J connectivity index is 1.58. The topological polar surface area (TPSA) is 43.9 Å². The summed E-state index contributed by atoms with van der Waals surface area (Å²) in [5, 5.41) is 0. The second-order valence-corrected chi connectivity index (χ2v) is 9.30. The van der Waals surface area contributed by atoms with Crippen LogP contribution in [0.5, 0.6) is 0 Å². The second-order valence-electron chi connectivity index (χ2n) is 6.49. The summed E-state index contributed by atoms with van der Waals surface area (Å²) in [7, 11) is -3.25. The van der Waals surface area contributed by atoms with Crippen LogP contribution in [0.15, 0.2) is 29.2 Å². The molecule has 0 bridgehead atoms. The molecule has 0 atom stereocenters. The smallest absolute Gasteiger partial charge is 0.282 e. The van der Waals surface area contributed by atoms with E-state index < -0.39 is 10.2 Å². The van der Waals surface area contributed by atoms with Crippen LogP contribution in [0.1, 0.15) is 24.8 Å². The van der Waals surface area contributed by atoms with Gasteiger partial charge in [-0.2, -0.15) is 17.0 Å². The molecule has 0 saturated carbocycles. The van der Waals surface area contributed by atoms with E-state index in [1.807, 2.05) is 0 Å². The quantitative estimate of drug-likeness (QED) is 0.747. The summed E-state index contributed by atoms with van der Waals surface area (Å²) in [4.78, 5) is 3.64. The lowest BCUT2D eigenvalue weighted by Gasteiger charge is -2.26. The van der Waals surface area contributed by atoms with Gasteiger partial charge >= 0.3 is 0 Å². The maximum absolute atomic E-state index is 12.7. The SMILES string of the molecule is CSc1ccc(CN2CCCN(S(=O)(=O)N3CCCC3)CC2)cc1. The minimum atomic E-state index is -3.25. The average Bonchev–Trinajstić information content (AvgIpc) is 3.04. The fourth-order valence-corrected chi connectivity index (χ4v) is 5.53. The summed E-state index contributed by atoms with van der Waals surface area (Å²) in [5.41, 5.74) is 1.30. The Labute approximate surface area is 150 Å². The van der Waals surface area contributed by atoms with Crippen molar-refractivity contribution < 1.29 is 8.42 Å². The molecule has 1 aromatic rings. The molecular weight excluding hydrogens is 342 g/mol. The number of hydrogen-bond donors (Lipinski definition) is 0. The standard InChI is InChI=1S/C17H27N3O2S2/c1-23-17-7-5-16(6-8-17)15-18-9-4-12-20(14-13-18)24(21,22)19-10-2-3-11-19/h5-8H,2-4,9-15H2,1H3. The van der Waals surface area contributed by atoms with Crippen LogP contribution in [0.2, 0.25) is 0 Å². The van der Waals surface area contributed by atoms with Crippen molar-refractivity contribution in [2.75, 3.05) is 45.5 Å². The highest BCUT2D eigenvalue weighted by molar-refractivity contribution is 7.98. The number of rotatable bonds is 5. The van der Waals surface area contributed by atoms with Gasteiger partial charge in [0.1, 0.15) is 0 Å². The second kappa shape index (κ2) is 8.19. The molecule has 0 aromatic heterocycles. The molecule has 2 heterocycles. The Morgan fingerprint density at radius 3 is 2.17 bits per heavy atom. The van der Waals surface area contributed by atoms with Crippen LogP contribution in [-0.2, 0) is 16.8 Å². The van der Waals surface area contributed by atoms with Crippen molar-refractivity contribution in [3.05, 3.63) is 29.8 Å².